The van der Waals surface area contributed by atoms with Crippen LogP contribution >= 0.6 is 23.4 Å². The second-order valence-corrected chi connectivity index (χ2v) is 7.51. The molecule has 3 aromatic rings. The van der Waals surface area contributed by atoms with E-state index in [0.717, 1.165) is 0 Å². The molecule has 7 nitrogen and oxygen atoms in total. The molecule has 0 bridgehead atoms. The summed E-state index contributed by atoms with van der Waals surface area (Å²) in [6, 6.07) is 18.6. The topological polar surface area (TPSA) is 88.7 Å². The van der Waals surface area contributed by atoms with Gasteiger partial charge in [-0.3, -0.25) is 19.8 Å². The molecule has 0 atom stereocenters. The van der Waals surface area contributed by atoms with E-state index in [1.165, 1.54) is 28.8 Å². The monoisotopic (exact) mass is 436 g/mol. The number of benzene rings is 2. The van der Waals surface area contributed by atoms with Gasteiger partial charge in [-0.1, -0.05) is 41.9 Å². The van der Waals surface area contributed by atoms with E-state index in [1.54, 1.807) is 48.7 Å². The van der Waals surface area contributed by atoms with Gasteiger partial charge in [0, 0.05) is 18.3 Å². The maximum Gasteiger partial charge on any atom is 0.271 e. The predicted molar refractivity (Wildman–Crippen MR) is 119 cm³/mol. The summed E-state index contributed by atoms with van der Waals surface area (Å²) < 4.78 is 0. The fraction of sp³-hybridized carbons (Fsp3) is 0. The third kappa shape index (κ3) is 4.10. The van der Waals surface area contributed by atoms with Crippen LogP contribution in [0.15, 0.2) is 82.8 Å². The maximum atomic E-state index is 13.2. The van der Waals surface area contributed by atoms with Gasteiger partial charge >= 0.3 is 0 Å². The number of nitro groups is 1. The fourth-order valence-electron chi connectivity index (χ4n) is 2.80. The third-order valence-corrected chi connectivity index (χ3v) is 5.42. The number of halogens is 1. The number of aliphatic imine (C=N–C) groups is 1. The molecule has 9 heteroatoms. The highest BCUT2D eigenvalue weighted by molar-refractivity contribution is 8.19. The van der Waals surface area contributed by atoms with E-state index in [9.17, 15) is 14.9 Å². The van der Waals surface area contributed by atoms with E-state index in [2.05, 4.69) is 9.98 Å². The van der Waals surface area contributed by atoms with Crippen LogP contribution in [0.5, 0.6) is 0 Å². The van der Waals surface area contributed by atoms with Crippen LogP contribution in [0.25, 0.3) is 6.08 Å². The number of nitro benzene ring substituents is 1. The summed E-state index contributed by atoms with van der Waals surface area (Å²) in [5.74, 6) is -0.281. The van der Waals surface area contributed by atoms with Gasteiger partial charge in [0.15, 0.2) is 10.3 Å². The van der Waals surface area contributed by atoms with Gasteiger partial charge in [0.25, 0.3) is 11.6 Å². The molecule has 0 spiro atoms. The first-order valence-electron chi connectivity index (χ1n) is 8.75. The number of rotatable bonds is 4. The highest BCUT2D eigenvalue weighted by Gasteiger charge is 2.35. The largest absolute Gasteiger partial charge is 0.271 e. The predicted octanol–water partition coefficient (Wildman–Crippen LogP) is 5.45. The van der Waals surface area contributed by atoms with Crippen molar-refractivity contribution in [3.8, 4) is 0 Å². The lowest BCUT2D eigenvalue weighted by Crippen LogP contribution is -2.28. The molecule has 1 amide bonds. The summed E-state index contributed by atoms with van der Waals surface area (Å²) in [6.45, 7) is 0. The van der Waals surface area contributed by atoms with Crippen molar-refractivity contribution >= 4 is 57.6 Å². The van der Waals surface area contributed by atoms with Crippen LogP contribution in [0, 0.1) is 10.1 Å². The first-order chi connectivity index (χ1) is 14.5. The Kier molecular flexibility index (Phi) is 5.60. The number of hydrogen-bond acceptors (Lipinski definition) is 6. The van der Waals surface area contributed by atoms with Gasteiger partial charge in [0.1, 0.15) is 5.69 Å². The normalized spacial score (nSPS) is 16.4. The van der Waals surface area contributed by atoms with Crippen molar-refractivity contribution in [1.82, 2.24) is 4.98 Å². The Morgan fingerprint density at radius 2 is 1.90 bits per heavy atom. The van der Waals surface area contributed by atoms with Crippen molar-refractivity contribution in [1.29, 1.82) is 0 Å². The lowest BCUT2D eigenvalue weighted by molar-refractivity contribution is -0.384. The Balaban J connectivity index is 1.78. The molecule has 0 N–H and O–H groups in total. The zero-order valence-corrected chi connectivity index (χ0v) is 16.9. The Morgan fingerprint density at radius 1 is 1.10 bits per heavy atom. The number of nitrogens with zero attached hydrogens (tertiary/aromatic N) is 4. The molecule has 4 rings (SSSR count). The Morgan fingerprint density at radius 3 is 2.63 bits per heavy atom. The molecule has 1 aliphatic rings. The fourth-order valence-corrected chi connectivity index (χ4v) is 3.95. The molecule has 1 aromatic heterocycles. The average molecular weight is 437 g/mol. The van der Waals surface area contributed by atoms with Crippen LogP contribution in [0.4, 0.5) is 17.1 Å². The zero-order chi connectivity index (χ0) is 21.1. The van der Waals surface area contributed by atoms with Crippen molar-refractivity contribution < 1.29 is 9.72 Å². The number of pyridine rings is 1. The van der Waals surface area contributed by atoms with Crippen molar-refractivity contribution in [3.63, 3.8) is 0 Å². The molecule has 30 heavy (non-hydrogen) atoms. The summed E-state index contributed by atoms with van der Waals surface area (Å²) in [5, 5.41) is 11.7. The number of carbonyl (C=O) groups excluding carboxylic acids is 1. The number of thioether (sulfide) groups is 1. The van der Waals surface area contributed by atoms with Crippen LogP contribution in [-0.4, -0.2) is 21.0 Å². The summed E-state index contributed by atoms with van der Waals surface area (Å²) >= 11 is 7.30. The molecule has 0 unspecified atom stereocenters. The lowest BCUT2D eigenvalue weighted by Gasteiger charge is -2.15. The third-order valence-electron chi connectivity index (χ3n) is 4.16. The van der Waals surface area contributed by atoms with Gasteiger partial charge in [-0.25, -0.2) is 9.98 Å². The Labute approximate surface area is 180 Å². The SMILES string of the molecule is O=C1/C(=C/c2cccc([N+](=O)[O-])c2)SC(=Nc2cccnc2Cl)N1c1ccccc1. The second-order valence-electron chi connectivity index (χ2n) is 6.15. The summed E-state index contributed by atoms with van der Waals surface area (Å²) in [4.78, 5) is 34.2. The minimum absolute atomic E-state index is 0.0456. The van der Waals surface area contributed by atoms with Crippen LogP contribution in [0.3, 0.4) is 0 Å². The number of anilines is 1. The standard InChI is InChI=1S/C21H13ClN4O3S/c22-19-17(10-5-11-23-19)24-21-25(15-7-2-1-3-8-15)20(27)18(30-21)13-14-6-4-9-16(12-14)26(28)29/h1-13H/b18-13-,24-21?. The minimum Gasteiger partial charge on any atom is -0.268 e. The van der Waals surface area contributed by atoms with Gasteiger partial charge < -0.3 is 0 Å². The first-order valence-corrected chi connectivity index (χ1v) is 9.95. The molecule has 1 aliphatic heterocycles. The van der Waals surface area contributed by atoms with Crippen LogP contribution < -0.4 is 4.90 Å². The van der Waals surface area contributed by atoms with Gasteiger partial charge in [-0.05, 0) is 47.7 Å². The number of amidine groups is 1. The smallest absolute Gasteiger partial charge is 0.268 e. The van der Waals surface area contributed by atoms with Gasteiger partial charge in [0.05, 0.1) is 15.5 Å². The number of amides is 1. The van der Waals surface area contributed by atoms with Crippen LogP contribution in [-0.2, 0) is 4.79 Å². The number of aromatic nitrogens is 1. The van der Waals surface area contributed by atoms with E-state index in [0.29, 0.717) is 27.0 Å². The minimum atomic E-state index is -0.473. The molecule has 0 saturated carbocycles. The molecular weight excluding hydrogens is 424 g/mol. The van der Waals surface area contributed by atoms with E-state index < -0.39 is 4.92 Å². The maximum absolute atomic E-state index is 13.2. The highest BCUT2D eigenvalue weighted by Crippen LogP contribution is 2.38. The van der Waals surface area contributed by atoms with Crippen molar-refractivity contribution in [2.75, 3.05) is 4.90 Å². The number of carbonyl (C=O) groups is 1. The van der Waals surface area contributed by atoms with Crippen molar-refractivity contribution in [2.24, 2.45) is 4.99 Å². The molecule has 0 aliphatic carbocycles. The second kappa shape index (κ2) is 8.48. The first kappa shape index (κ1) is 19.8. The highest BCUT2D eigenvalue weighted by atomic mass is 35.5. The van der Waals surface area contributed by atoms with Gasteiger partial charge in [-0.15, -0.1) is 0 Å². The van der Waals surface area contributed by atoms with Crippen molar-refractivity contribution in [2.45, 2.75) is 0 Å². The van der Waals surface area contributed by atoms with Gasteiger partial charge in [-0.2, -0.15) is 0 Å². The molecule has 1 fully saturated rings. The Hall–Kier alpha value is -3.49. The molecule has 148 valence electrons. The number of non-ortho nitro benzene ring substituents is 1. The number of para-hydroxylation sites is 1. The van der Waals surface area contributed by atoms with Gasteiger partial charge in [0.2, 0.25) is 0 Å². The van der Waals surface area contributed by atoms with E-state index in [4.69, 9.17) is 11.6 Å². The summed E-state index contributed by atoms with van der Waals surface area (Å²) in [6.07, 6.45) is 3.17. The van der Waals surface area contributed by atoms with E-state index >= 15 is 0 Å². The number of hydrogen-bond donors (Lipinski definition) is 0. The molecular formula is C21H13ClN4O3S. The quantitative estimate of drug-likeness (QED) is 0.235. The molecule has 2 heterocycles. The molecule has 2 aromatic carbocycles. The summed E-state index contributed by atoms with van der Waals surface area (Å²) in [7, 11) is 0. The van der Waals surface area contributed by atoms with Crippen LogP contribution in [0.2, 0.25) is 5.15 Å². The van der Waals surface area contributed by atoms with E-state index in [-0.39, 0.29) is 16.7 Å². The van der Waals surface area contributed by atoms with Crippen LogP contribution in [0.1, 0.15) is 5.56 Å². The molecule has 0 radical (unpaired) electrons. The molecule has 1 saturated heterocycles. The average Bonchev–Trinajstić information content (AvgIpc) is 3.05. The summed E-state index contributed by atoms with van der Waals surface area (Å²) in [5.41, 5.74) is 1.59. The van der Waals surface area contributed by atoms with Crippen molar-refractivity contribution in [3.05, 3.63) is 98.7 Å². The van der Waals surface area contributed by atoms with E-state index in [1.807, 2.05) is 18.2 Å². The Bertz CT molecular complexity index is 1200. The lowest BCUT2D eigenvalue weighted by atomic mass is 10.2. The zero-order valence-electron chi connectivity index (χ0n) is 15.3.